The van der Waals surface area contributed by atoms with Crippen LogP contribution in [0.1, 0.15) is 51.5 Å². The Kier molecular flexibility index (Phi) is 5.94. The van der Waals surface area contributed by atoms with Gasteiger partial charge in [-0.3, -0.25) is 19.3 Å². The summed E-state index contributed by atoms with van der Waals surface area (Å²) in [6.07, 6.45) is 4.94. The number of hydrogen-bond acceptors (Lipinski definition) is 4. The summed E-state index contributed by atoms with van der Waals surface area (Å²) < 4.78 is 0. The normalized spacial score (nSPS) is 17.3. The molecule has 0 atom stereocenters. The fourth-order valence-corrected chi connectivity index (χ4v) is 3.70. The van der Waals surface area contributed by atoms with E-state index in [0.29, 0.717) is 23.5 Å². The lowest BCUT2D eigenvalue weighted by molar-refractivity contribution is -0.137. The molecule has 0 unspecified atom stereocenters. The molecule has 27 heavy (non-hydrogen) atoms. The predicted molar refractivity (Wildman–Crippen MR) is 105 cm³/mol. The Morgan fingerprint density at radius 2 is 1.70 bits per heavy atom. The first-order chi connectivity index (χ1) is 13.0. The quantitative estimate of drug-likeness (QED) is 0.592. The number of anilines is 1. The molecule has 0 spiro atoms. The Hall–Kier alpha value is -2.63. The second-order valence-electron chi connectivity index (χ2n) is 7.15. The van der Waals surface area contributed by atoms with E-state index in [4.69, 9.17) is 0 Å². The monoisotopic (exact) mass is 369 g/mol. The van der Waals surface area contributed by atoms with Crippen molar-refractivity contribution in [2.45, 2.75) is 46.0 Å². The summed E-state index contributed by atoms with van der Waals surface area (Å²) in [5.74, 6) is -0.516. The average Bonchev–Trinajstić information content (AvgIpc) is 3.24. The van der Waals surface area contributed by atoms with Gasteiger partial charge in [0.25, 0.3) is 11.8 Å². The topological polar surface area (TPSA) is 69.7 Å². The summed E-state index contributed by atoms with van der Waals surface area (Å²) in [5.41, 5.74) is 2.43. The van der Waals surface area contributed by atoms with Crippen molar-refractivity contribution >= 4 is 29.0 Å². The lowest BCUT2D eigenvalue weighted by atomic mass is 10.0. The highest BCUT2D eigenvalue weighted by Gasteiger charge is 2.41. The number of rotatable bonds is 7. The average molecular weight is 369 g/mol. The van der Waals surface area contributed by atoms with Crippen LogP contribution in [0.2, 0.25) is 0 Å². The van der Waals surface area contributed by atoms with Crippen LogP contribution in [0.3, 0.4) is 0 Å². The molecule has 0 aliphatic carbocycles. The summed E-state index contributed by atoms with van der Waals surface area (Å²) in [6, 6.07) is 7.14. The first-order valence-corrected chi connectivity index (χ1v) is 9.76. The molecule has 0 radical (unpaired) electrons. The van der Waals surface area contributed by atoms with E-state index < -0.39 is 0 Å². The van der Waals surface area contributed by atoms with E-state index in [1.165, 1.54) is 11.8 Å². The van der Waals surface area contributed by atoms with Crippen molar-refractivity contribution in [1.82, 2.24) is 9.80 Å². The van der Waals surface area contributed by atoms with Gasteiger partial charge >= 0.3 is 0 Å². The summed E-state index contributed by atoms with van der Waals surface area (Å²) in [7, 11) is 0. The maximum Gasteiger partial charge on any atom is 0.277 e. The van der Waals surface area contributed by atoms with Crippen LogP contribution >= 0.6 is 0 Å². The molecule has 6 heteroatoms. The zero-order chi connectivity index (χ0) is 19.4. The van der Waals surface area contributed by atoms with Crippen molar-refractivity contribution in [1.29, 1.82) is 0 Å². The van der Waals surface area contributed by atoms with Crippen LogP contribution < -0.4 is 5.32 Å². The molecule has 0 saturated carbocycles. The summed E-state index contributed by atoms with van der Waals surface area (Å²) >= 11 is 0. The molecule has 0 bridgehead atoms. The smallest absolute Gasteiger partial charge is 0.277 e. The number of unbranched alkanes of at least 4 members (excludes halogenated alkanes) is 2. The number of hydrogen-bond donors (Lipinski definition) is 1. The van der Waals surface area contributed by atoms with Crippen LogP contribution in [0.15, 0.2) is 30.0 Å². The minimum atomic E-state index is -0.203. The molecule has 3 rings (SSSR count). The third-order valence-corrected chi connectivity index (χ3v) is 5.05. The first-order valence-electron chi connectivity index (χ1n) is 9.76. The van der Waals surface area contributed by atoms with Crippen molar-refractivity contribution in [2.24, 2.45) is 0 Å². The number of carbonyl (C=O) groups excluding carboxylic acids is 3. The molecule has 3 amide bonds. The third-order valence-electron chi connectivity index (χ3n) is 5.05. The zero-order valence-corrected chi connectivity index (χ0v) is 16.1. The second-order valence-corrected chi connectivity index (χ2v) is 7.15. The van der Waals surface area contributed by atoms with E-state index in [9.17, 15) is 14.4 Å². The number of imide groups is 1. The van der Waals surface area contributed by atoms with Gasteiger partial charge in [0.2, 0.25) is 5.91 Å². The second kappa shape index (κ2) is 8.37. The first kappa shape index (κ1) is 19.1. The Balaban J connectivity index is 1.92. The van der Waals surface area contributed by atoms with Gasteiger partial charge < -0.3 is 10.2 Å². The standard InChI is InChI=1S/C21H27N3O3/c1-3-4-5-14-24-20(26)18(19(21(24)27)23-12-6-7-13-23)16-8-10-17(11-9-16)22-15(2)25/h8-11H,3-7,12-14H2,1-2H3,(H,22,25). The fraction of sp³-hybridized carbons (Fsp3) is 0.476. The molecule has 1 saturated heterocycles. The zero-order valence-electron chi connectivity index (χ0n) is 16.1. The highest BCUT2D eigenvalue weighted by atomic mass is 16.2. The molecule has 144 valence electrons. The van der Waals surface area contributed by atoms with Crippen LogP contribution in [-0.2, 0) is 14.4 Å². The number of nitrogens with zero attached hydrogens (tertiary/aromatic N) is 2. The van der Waals surface area contributed by atoms with Gasteiger partial charge in [-0.05, 0) is 37.0 Å². The van der Waals surface area contributed by atoms with Crippen molar-refractivity contribution < 1.29 is 14.4 Å². The fourth-order valence-electron chi connectivity index (χ4n) is 3.70. The largest absolute Gasteiger partial charge is 0.366 e. The molecule has 2 heterocycles. The van der Waals surface area contributed by atoms with Gasteiger partial charge in [-0.2, -0.15) is 0 Å². The summed E-state index contributed by atoms with van der Waals surface area (Å²) in [6.45, 7) is 5.64. The van der Waals surface area contributed by atoms with Crippen LogP contribution in [0, 0.1) is 0 Å². The van der Waals surface area contributed by atoms with Gasteiger partial charge in [0, 0.05) is 32.2 Å². The van der Waals surface area contributed by atoms with E-state index in [2.05, 4.69) is 17.1 Å². The summed E-state index contributed by atoms with van der Waals surface area (Å²) in [5, 5.41) is 2.72. The summed E-state index contributed by atoms with van der Waals surface area (Å²) in [4.78, 5) is 40.8. The van der Waals surface area contributed by atoms with E-state index >= 15 is 0 Å². The van der Waals surface area contributed by atoms with E-state index in [-0.39, 0.29) is 17.7 Å². The highest BCUT2D eigenvalue weighted by molar-refractivity contribution is 6.35. The van der Waals surface area contributed by atoms with Gasteiger partial charge in [-0.15, -0.1) is 0 Å². The molecule has 2 aliphatic rings. The van der Waals surface area contributed by atoms with Crippen molar-refractivity contribution in [3.8, 4) is 0 Å². The van der Waals surface area contributed by atoms with Crippen molar-refractivity contribution in [2.75, 3.05) is 25.0 Å². The van der Waals surface area contributed by atoms with E-state index in [1.54, 1.807) is 24.3 Å². The molecular weight excluding hydrogens is 342 g/mol. The van der Waals surface area contributed by atoms with Crippen molar-refractivity contribution in [3.63, 3.8) is 0 Å². The maximum absolute atomic E-state index is 13.1. The highest BCUT2D eigenvalue weighted by Crippen LogP contribution is 2.34. The Morgan fingerprint density at radius 3 is 2.30 bits per heavy atom. The molecule has 1 fully saturated rings. The minimum Gasteiger partial charge on any atom is -0.366 e. The lowest BCUT2D eigenvalue weighted by Crippen LogP contribution is -2.35. The Bertz CT molecular complexity index is 761. The molecular formula is C21H27N3O3. The minimum absolute atomic E-state index is 0.144. The maximum atomic E-state index is 13.1. The SMILES string of the molecule is CCCCCN1C(=O)C(c2ccc(NC(C)=O)cc2)=C(N2CCCC2)C1=O. The number of benzene rings is 1. The molecule has 0 aromatic heterocycles. The molecule has 1 N–H and O–H groups in total. The molecule has 6 nitrogen and oxygen atoms in total. The van der Waals surface area contributed by atoms with E-state index in [0.717, 1.165) is 50.8 Å². The molecule has 2 aliphatic heterocycles. The third kappa shape index (κ3) is 4.04. The van der Waals surface area contributed by atoms with Crippen LogP contribution in [0.25, 0.3) is 5.57 Å². The van der Waals surface area contributed by atoms with Crippen molar-refractivity contribution in [3.05, 3.63) is 35.5 Å². The Labute approximate surface area is 160 Å². The Morgan fingerprint density at radius 1 is 1.04 bits per heavy atom. The van der Waals surface area contributed by atoms with Crippen LogP contribution in [-0.4, -0.2) is 47.2 Å². The number of carbonyl (C=O) groups is 3. The van der Waals surface area contributed by atoms with Crippen LogP contribution in [0.5, 0.6) is 0 Å². The van der Waals surface area contributed by atoms with Gasteiger partial charge in [0.05, 0.1) is 5.57 Å². The molecule has 1 aromatic carbocycles. The van der Waals surface area contributed by atoms with Gasteiger partial charge in [-0.25, -0.2) is 0 Å². The van der Waals surface area contributed by atoms with Gasteiger partial charge in [-0.1, -0.05) is 31.9 Å². The molecule has 1 aromatic rings. The van der Waals surface area contributed by atoms with Gasteiger partial charge in [0.15, 0.2) is 0 Å². The number of nitrogens with one attached hydrogen (secondary N) is 1. The number of amides is 3. The predicted octanol–water partition coefficient (Wildman–Crippen LogP) is 3.01. The van der Waals surface area contributed by atoms with Gasteiger partial charge in [0.1, 0.15) is 5.70 Å². The van der Waals surface area contributed by atoms with E-state index in [1.807, 2.05) is 0 Å². The van der Waals surface area contributed by atoms with Crippen LogP contribution in [0.4, 0.5) is 5.69 Å². The lowest BCUT2D eigenvalue weighted by Gasteiger charge is -2.20. The number of likely N-dealkylation sites (tertiary alicyclic amines) is 1.